The van der Waals surface area contributed by atoms with Crippen LogP contribution in [0.4, 0.5) is 0 Å². The minimum Gasteiger partial charge on any atom is -0.457 e. The Balaban J connectivity index is 1.45. The number of carbonyl (C=O) groups excluding carboxylic acids is 1. The number of nitrogens with zero attached hydrogens (tertiary/aromatic N) is 2. The Morgan fingerprint density at radius 3 is 2.82 bits per heavy atom. The minimum atomic E-state index is -0.435. The number of thioether (sulfide) groups is 1. The van der Waals surface area contributed by atoms with E-state index < -0.39 is 5.97 Å². The molecule has 0 bridgehead atoms. The number of carbonyl (C=O) groups is 1. The molecule has 0 fully saturated rings. The summed E-state index contributed by atoms with van der Waals surface area (Å²) in [5.74, 6) is 1.55. The molecule has 142 valence electrons. The van der Waals surface area contributed by atoms with E-state index in [1.54, 1.807) is 18.3 Å². The van der Waals surface area contributed by atoms with Crippen LogP contribution in [0.5, 0.6) is 0 Å². The molecule has 0 atom stereocenters. The van der Waals surface area contributed by atoms with Gasteiger partial charge in [-0.3, -0.25) is 0 Å². The maximum absolute atomic E-state index is 12.6. The molecule has 0 spiro atoms. The third-order valence-corrected chi connectivity index (χ3v) is 5.38. The summed E-state index contributed by atoms with van der Waals surface area (Å²) in [6, 6.07) is 13.0. The van der Waals surface area contributed by atoms with Crippen molar-refractivity contribution < 1.29 is 18.5 Å². The molecule has 6 nitrogen and oxygen atoms in total. The van der Waals surface area contributed by atoms with E-state index in [4.69, 9.17) is 13.7 Å². The highest BCUT2D eigenvalue weighted by molar-refractivity contribution is 7.98. The lowest BCUT2D eigenvalue weighted by Crippen LogP contribution is -2.07. The van der Waals surface area contributed by atoms with Crippen LogP contribution in [0.25, 0.3) is 11.0 Å². The molecule has 3 heterocycles. The van der Waals surface area contributed by atoms with E-state index in [-0.39, 0.29) is 6.61 Å². The van der Waals surface area contributed by atoms with Crippen LogP contribution in [0.1, 0.15) is 33.1 Å². The molecule has 0 unspecified atom stereocenters. The first kappa shape index (κ1) is 18.3. The number of fused-ring (bicyclic) bond motifs is 1. The second kappa shape index (κ2) is 7.90. The summed E-state index contributed by atoms with van der Waals surface area (Å²) in [6.07, 6.45) is 1.66. The van der Waals surface area contributed by atoms with Crippen molar-refractivity contribution in [3.63, 3.8) is 0 Å². The minimum absolute atomic E-state index is 0.0659. The zero-order valence-electron chi connectivity index (χ0n) is 15.5. The average Bonchev–Trinajstić information content (AvgIpc) is 3.27. The van der Waals surface area contributed by atoms with Crippen LogP contribution < -0.4 is 0 Å². The number of benzene rings is 1. The molecule has 0 N–H and O–H groups in total. The Kier molecular flexibility index (Phi) is 5.16. The van der Waals surface area contributed by atoms with Gasteiger partial charge in [0.15, 0.2) is 0 Å². The summed E-state index contributed by atoms with van der Waals surface area (Å²) in [7, 11) is 0. The number of aromatic nitrogens is 2. The van der Waals surface area contributed by atoms with Crippen molar-refractivity contribution in [1.29, 1.82) is 0 Å². The van der Waals surface area contributed by atoms with Crippen molar-refractivity contribution in [2.24, 2.45) is 0 Å². The SMILES string of the molecule is Cc1noc(C)c1CSc1ncccc1C(=O)OCc1cc2ccccc2o1. The van der Waals surface area contributed by atoms with Gasteiger partial charge in [0.25, 0.3) is 0 Å². The predicted molar refractivity (Wildman–Crippen MR) is 105 cm³/mol. The van der Waals surface area contributed by atoms with Gasteiger partial charge in [-0.2, -0.15) is 0 Å². The fourth-order valence-corrected chi connectivity index (χ4v) is 3.97. The van der Waals surface area contributed by atoms with Crippen molar-refractivity contribution >= 4 is 28.7 Å². The zero-order valence-corrected chi connectivity index (χ0v) is 16.3. The summed E-state index contributed by atoms with van der Waals surface area (Å²) in [5.41, 5.74) is 3.05. The van der Waals surface area contributed by atoms with Gasteiger partial charge in [-0.25, -0.2) is 9.78 Å². The van der Waals surface area contributed by atoms with E-state index in [9.17, 15) is 4.79 Å². The fourth-order valence-electron chi connectivity index (χ4n) is 2.83. The van der Waals surface area contributed by atoms with Gasteiger partial charge in [0.05, 0.1) is 11.3 Å². The molecule has 0 aliphatic rings. The molecule has 4 aromatic rings. The maximum atomic E-state index is 12.6. The van der Waals surface area contributed by atoms with Crippen LogP contribution in [0.2, 0.25) is 0 Å². The van der Waals surface area contributed by atoms with Gasteiger partial charge < -0.3 is 13.7 Å². The largest absolute Gasteiger partial charge is 0.457 e. The lowest BCUT2D eigenvalue weighted by Gasteiger charge is -2.07. The third kappa shape index (κ3) is 3.80. The molecule has 7 heteroatoms. The van der Waals surface area contributed by atoms with Gasteiger partial charge in [-0.05, 0) is 38.1 Å². The van der Waals surface area contributed by atoms with Gasteiger partial charge in [0.1, 0.15) is 28.7 Å². The van der Waals surface area contributed by atoms with Crippen molar-refractivity contribution in [2.75, 3.05) is 0 Å². The van der Waals surface area contributed by atoms with E-state index in [1.165, 1.54) is 11.8 Å². The van der Waals surface area contributed by atoms with Gasteiger partial charge in [-0.15, -0.1) is 11.8 Å². The Labute approximate surface area is 165 Å². The highest BCUT2D eigenvalue weighted by Gasteiger charge is 2.17. The standard InChI is InChI=1S/C21H18N2O4S/c1-13-18(14(2)27-23-13)12-28-20-17(7-5-9-22-20)21(24)25-11-16-10-15-6-3-4-8-19(15)26-16/h3-10H,11-12H2,1-2H3. The molecule has 0 radical (unpaired) electrons. The highest BCUT2D eigenvalue weighted by Crippen LogP contribution is 2.28. The molecule has 0 amide bonds. The third-order valence-electron chi connectivity index (χ3n) is 4.35. The zero-order chi connectivity index (χ0) is 19.5. The molecule has 0 saturated heterocycles. The number of hydrogen-bond acceptors (Lipinski definition) is 7. The van der Waals surface area contributed by atoms with Gasteiger partial charge >= 0.3 is 5.97 Å². The molecule has 0 aliphatic carbocycles. The molecule has 0 aliphatic heterocycles. The number of furan rings is 1. The second-order valence-corrected chi connectivity index (χ2v) is 7.24. The molecule has 1 aromatic carbocycles. The summed E-state index contributed by atoms with van der Waals surface area (Å²) in [5, 5.41) is 5.54. The van der Waals surface area contributed by atoms with E-state index in [1.807, 2.05) is 44.2 Å². The molecule has 28 heavy (non-hydrogen) atoms. The number of rotatable bonds is 6. The van der Waals surface area contributed by atoms with Crippen LogP contribution in [0.15, 0.2) is 62.6 Å². The van der Waals surface area contributed by atoms with Crippen LogP contribution >= 0.6 is 11.8 Å². The van der Waals surface area contributed by atoms with Crippen molar-refractivity contribution in [2.45, 2.75) is 31.2 Å². The van der Waals surface area contributed by atoms with E-state index in [2.05, 4.69) is 10.1 Å². The van der Waals surface area contributed by atoms with Crippen molar-refractivity contribution in [3.8, 4) is 0 Å². The van der Waals surface area contributed by atoms with E-state index in [0.29, 0.717) is 22.1 Å². The predicted octanol–water partition coefficient (Wildman–Crippen LogP) is 5.08. The first-order chi connectivity index (χ1) is 13.6. The summed E-state index contributed by atoms with van der Waals surface area (Å²) in [6.45, 7) is 3.83. The average molecular weight is 394 g/mol. The van der Waals surface area contributed by atoms with Crippen LogP contribution in [-0.4, -0.2) is 16.1 Å². The second-order valence-electron chi connectivity index (χ2n) is 6.27. The summed E-state index contributed by atoms with van der Waals surface area (Å²) in [4.78, 5) is 16.9. The van der Waals surface area contributed by atoms with Crippen LogP contribution in [-0.2, 0) is 17.1 Å². The van der Waals surface area contributed by atoms with Gasteiger partial charge in [-0.1, -0.05) is 23.4 Å². The van der Waals surface area contributed by atoms with Crippen molar-refractivity contribution in [1.82, 2.24) is 10.1 Å². The number of aryl methyl sites for hydroxylation is 2. The lowest BCUT2D eigenvalue weighted by molar-refractivity contribution is 0.0442. The molecule has 3 aromatic heterocycles. The Bertz CT molecular complexity index is 1080. The van der Waals surface area contributed by atoms with Gasteiger partial charge in [0.2, 0.25) is 0 Å². The lowest BCUT2D eigenvalue weighted by atomic mass is 10.2. The summed E-state index contributed by atoms with van der Waals surface area (Å²) >= 11 is 1.45. The number of hydrogen-bond donors (Lipinski definition) is 0. The maximum Gasteiger partial charge on any atom is 0.341 e. The monoisotopic (exact) mass is 394 g/mol. The van der Waals surface area contributed by atoms with Crippen molar-refractivity contribution in [3.05, 3.63) is 77.0 Å². The first-order valence-electron chi connectivity index (χ1n) is 8.76. The molecule has 0 saturated carbocycles. The highest BCUT2D eigenvalue weighted by atomic mass is 32.2. The van der Waals surface area contributed by atoms with Crippen LogP contribution in [0.3, 0.4) is 0 Å². The number of ether oxygens (including phenoxy) is 1. The smallest absolute Gasteiger partial charge is 0.341 e. The molecule has 4 rings (SSSR count). The number of para-hydroxylation sites is 1. The quantitative estimate of drug-likeness (QED) is 0.333. The fraction of sp³-hybridized carbons (Fsp3) is 0.190. The summed E-state index contributed by atoms with van der Waals surface area (Å²) < 4.78 is 16.3. The normalized spacial score (nSPS) is 11.1. The Morgan fingerprint density at radius 2 is 2.04 bits per heavy atom. The molecular formula is C21H18N2O4S. The number of esters is 1. The topological polar surface area (TPSA) is 78.4 Å². The van der Waals surface area contributed by atoms with Gasteiger partial charge in [0, 0.05) is 22.9 Å². The van der Waals surface area contributed by atoms with Crippen LogP contribution in [0, 0.1) is 13.8 Å². The Hall–Kier alpha value is -3.06. The first-order valence-corrected chi connectivity index (χ1v) is 9.74. The van der Waals surface area contributed by atoms with E-state index in [0.717, 1.165) is 28.0 Å². The Morgan fingerprint density at radius 1 is 1.18 bits per heavy atom. The van der Waals surface area contributed by atoms with E-state index >= 15 is 0 Å². The molecular weight excluding hydrogens is 376 g/mol. The number of pyridine rings is 1.